The van der Waals surface area contributed by atoms with Gasteiger partial charge in [0.1, 0.15) is 6.61 Å². The van der Waals surface area contributed by atoms with Gasteiger partial charge in [-0.05, 0) is 66.2 Å². The normalized spacial score (nSPS) is 41.8. The molecular weight excluding hydrogens is 462 g/mol. The highest BCUT2D eigenvalue weighted by Gasteiger charge is 2.45. The second-order valence-corrected chi connectivity index (χ2v) is 13.6. The summed E-state index contributed by atoms with van der Waals surface area (Å²) in [5.41, 5.74) is 0. The van der Waals surface area contributed by atoms with E-state index in [2.05, 4.69) is 37.2 Å². The van der Waals surface area contributed by atoms with Crippen LogP contribution in [0.5, 0.6) is 0 Å². The van der Waals surface area contributed by atoms with E-state index in [0.717, 1.165) is 12.8 Å². The zero-order valence-corrected chi connectivity index (χ0v) is 22.1. The summed E-state index contributed by atoms with van der Waals surface area (Å²) in [6.07, 6.45) is 1.27. The van der Waals surface area contributed by atoms with Gasteiger partial charge < -0.3 is 27.9 Å². The van der Waals surface area contributed by atoms with Crippen LogP contribution < -0.4 is 0 Å². The smallest absolute Gasteiger partial charge is 0.259 e. The second-order valence-electron chi connectivity index (χ2n) is 9.51. The standard InChI is InChI=1S/C23H42N2O6P2/c1-17(2)25(18(3)4)32(29-14-11-24-6)30-22-10-13-28-23(22)20-8-7-15-33(26,16-20)31-21-9-12-27-19(21)5/h17-23H,7-16H2,1-5H3/t19-,20-,21+,22+,23-,32?,33-/m1/s1/i5D,12T,13T/t12-,13-,19+,20+,21-,22-,23+,32?,33+/m0. The molecule has 3 fully saturated rings. The first-order valence-corrected chi connectivity index (χ1v) is 15.1. The van der Waals surface area contributed by atoms with Gasteiger partial charge in [-0.2, -0.15) is 0 Å². The molecule has 0 aromatic heterocycles. The molecule has 0 bridgehead atoms. The molecule has 0 aliphatic carbocycles. The van der Waals surface area contributed by atoms with Crippen molar-refractivity contribution in [3.05, 3.63) is 11.4 Å². The fourth-order valence-electron chi connectivity index (χ4n) is 4.78. The average molecular weight is 510 g/mol. The molecule has 9 atom stereocenters. The van der Waals surface area contributed by atoms with E-state index in [0.29, 0.717) is 25.2 Å². The van der Waals surface area contributed by atoms with Gasteiger partial charge in [-0.1, -0.05) is 0 Å². The van der Waals surface area contributed by atoms with Gasteiger partial charge in [0.2, 0.25) is 13.9 Å². The molecular formula is C23H42N2O6P2. The number of hydrogen-bond donors (Lipinski definition) is 0. The van der Waals surface area contributed by atoms with Crippen LogP contribution in [0.4, 0.5) is 0 Å². The van der Waals surface area contributed by atoms with Crippen LogP contribution in [-0.4, -0.2) is 79.8 Å². The quantitative estimate of drug-likeness (QED) is 0.212. The Bertz CT molecular complexity index is 783. The van der Waals surface area contributed by atoms with Gasteiger partial charge in [-0.15, -0.1) is 0 Å². The summed E-state index contributed by atoms with van der Waals surface area (Å²) in [5, 5.41) is 0. The molecule has 10 heteroatoms. The maximum absolute atomic E-state index is 13.8. The molecule has 0 amide bonds. The Morgan fingerprint density at radius 3 is 2.67 bits per heavy atom. The lowest BCUT2D eigenvalue weighted by Gasteiger charge is -2.39. The van der Waals surface area contributed by atoms with Gasteiger partial charge in [0.25, 0.3) is 8.53 Å². The molecule has 0 aromatic rings. The molecule has 0 N–H and O–H groups in total. The van der Waals surface area contributed by atoms with Crippen molar-refractivity contribution in [2.45, 2.75) is 96.8 Å². The third kappa shape index (κ3) is 7.45. The SMILES string of the molecule is [2H]C[C@H]1O[C@@H]([3H])C[C@@H]1O[P@]1(=O)CCC[C@@H]([C@H]2O[C@@H]([3H])C[C@@H]2OP(OCC[N+]#[C-])N(C(C)C)C(C)C)C1. The van der Waals surface area contributed by atoms with E-state index in [-0.39, 0.29) is 44.2 Å². The van der Waals surface area contributed by atoms with Crippen LogP contribution >= 0.6 is 15.9 Å². The number of nitrogens with zero attached hydrogens (tertiary/aromatic N) is 2. The Hall–Kier alpha value is -0.0900. The minimum absolute atomic E-state index is 0.0229. The molecule has 3 rings (SSSR count). The van der Waals surface area contributed by atoms with Crippen molar-refractivity contribution < 1.29 is 31.7 Å². The molecule has 3 aliphatic heterocycles. The summed E-state index contributed by atoms with van der Waals surface area (Å²) < 4.78 is 70.0. The molecule has 3 aliphatic rings. The number of ether oxygens (including phenoxy) is 2. The summed E-state index contributed by atoms with van der Waals surface area (Å²) in [6, 6.07) is 0.332. The van der Waals surface area contributed by atoms with Crippen molar-refractivity contribution in [3.8, 4) is 0 Å². The third-order valence-corrected chi connectivity index (χ3v) is 11.1. The molecule has 1 unspecified atom stereocenters. The summed E-state index contributed by atoms with van der Waals surface area (Å²) in [5.74, 6) is -0.0832. The summed E-state index contributed by atoms with van der Waals surface area (Å²) in [4.78, 5) is 3.39. The zero-order chi connectivity index (χ0) is 26.5. The van der Waals surface area contributed by atoms with E-state index >= 15 is 0 Å². The Kier molecular flexibility index (Phi) is 9.01. The maximum Gasteiger partial charge on any atom is 0.259 e. The lowest BCUT2D eigenvalue weighted by atomic mass is 9.95. The van der Waals surface area contributed by atoms with Crippen molar-refractivity contribution in [3.63, 3.8) is 0 Å². The van der Waals surface area contributed by atoms with Gasteiger partial charge in [-0.25, -0.2) is 11.2 Å². The first-order valence-electron chi connectivity index (χ1n) is 13.9. The Morgan fingerprint density at radius 1 is 1.24 bits per heavy atom. The van der Waals surface area contributed by atoms with E-state index in [1.165, 1.54) is 0 Å². The van der Waals surface area contributed by atoms with E-state index in [1.807, 2.05) is 0 Å². The van der Waals surface area contributed by atoms with Gasteiger partial charge >= 0.3 is 0 Å². The van der Waals surface area contributed by atoms with Crippen molar-refractivity contribution in [1.82, 2.24) is 4.67 Å². The fourth-order valence-corrected chi connectivity index (χ4v) is 9.37. The maximum atomic E-state index is 13.8. The summed E-state index contributed by atoms with van der Waals surface area (Å²) in [6.45, 7) is 14.4. The molecule has 3 heterocycles. The highest BCUT2D eigenvalue weighted by Crippen LogP contribution is 2.57. The topological polar surface area (TPSA) is 70.8 Å². The van der Waals surface area contributed by atoms with Crippen LogP contribution in [0.1, 0.15) is 64.4 Å². The van der Waals surface area contributed by atoms with Crippen molar-refractivity contribution in [1.29, 1.82) is 0 Å². The lowest BCUT2D eigenvalue weighted by molar-refractivity contribution is 0.00525. The van der Waals surface area contributed by atoms with E-state index < -0.39 is 47.4 Å². The van der Waals surface area contributed by atoms with Crippen molar-refractivity contribution >= 4 is 15.9 Å². The molecule has 0 saturated carbocycles. The first kappa shape index (κ1) is 23.3. The van der Waals surface area contributed by atoms with Gasteiger partial charge in [0.15, 0.2) is 0 Å². The van der Waals surface area contributed by atoms with Crippen LogP contribution in [-0.2, 0) is 27.6 Å². The van der Waals surface area contributed by atoms with Crippen LogP contribution in [0.2, 0.25) is 0 Å². The van der Waals surface area contributed by atoms with E-state index in [9.17, 15) is 4.57 Å². The molecule has 33 heavy (non-hydrogen) atoms. The monoisotopic (exact) mass is 509 g/mol. The number of rotatable bonds is 11. The molecule has 0 spiro atoms. The molecule has 190 valence electrons. The summed E-state index contributed by atoms with van der Waals surface area (Å²) >= 11 is 0. The lowest BCUT2D eigenvalue weighted by Crippen LogP contribution is -2.39. The van der Waals surface area contributed by atoms with Crippen molar-refractivity contribution in [2.75, 3.05) is 38.6 Å². The predicted octanol–water partition coefficient (Wildman–Crippen LogP) is 5.32. The molecule has 3 saturated heterocycles. The van der Waals surface area contributed by atoms with Crippen LogP contribution in [0.15, 0.2) is 0 Å². The minimum Gasteiger partial charge on any atom is -0.376 e. The third-order valence-electron chi connectivity index (χ3n) is 6.22. The largest absolute Gasteiger partial charge is 0.376 e. The predicted molar refractivity (Wildman–Crippen MR) is 131 cm³/mol. The Morgan fingerprint density at radius 2 is 1.97 bits per heavy atom. The van der Waals surface area contributed by atoms with Gasteiger partial charge in [0.05, 0.1) is 27.2 Å². The van der Waals surface area contributed by atoms with Gasteiger partial charge in [0, 0.05) is 38.9 Å². The molecule has 0 radical (unpaired) electrons. The van der Waals surface area contributed by atoms with Gasteiger partial charge in [-0.3, -0.25) is 4.57 Å². The Labute approximate surface area is 205 Å². The number of hydrogen-bond acceptors (Lipinski definition) is 7. The summed E-state index contributed by atoms with van der Waals surface area (Å²) in [7, 11) is -4.49. The fraction of sp³-hybridized carbons (Fsp3) is 0.957. The van der Waals surface area contributed by atoms with Crippen LogP contribution in [0, 0.1) is 12.5 Å². The van der Waals surface area contributed by atoms with E-state index in [1.54, 1.807) is 0 Å². The molecule has 8 nitrogen and oxygen atoms in total. The minimum atomic E-state index is -3.01. The highest BCUT2D eigenvalue weighted by molar-refractivity contribution is 7.59. The van der Waals surface area contributed by atoms with Crippen LogP contribution in [0.3, 0.4) is 0 Å². The Balaban J connectivity index is 1.72. The highest BCUT2D eigenvalue weighted by atomic mass is 31.2. The first-order chi connectivity index (χ1) is 17.1. The zero-order valence-electron chi connectivity index (χ0n) is 23.3. The molecule has 0 aromatic carbocycles. The van der Waals surface area contributed by atoms with Crippen LogP contribution in [0.25, 0.3) is 4.85 Å². The van der Waals surface area contributed by atoms with Crippen molar-refractivity contribution in [2.24, 2.45) is 5.92 Å². The van der Waals surface area contributed by atoms with E-state index in [4.69, 9.17) is 33.7 Å². The second kappa shape index (κ2) is 12.7. The average Bonchev–Trinajstić information content (AvgIpc) is 3.33.